The first-order chi connectivity index (χ1) is 13.8. The molecule has 0 aliphatic rings. The Hall–Kier alpha value is -2.88. The zero-order chi connectivity index (χ0) is 22.7. The van der Waals surface area contributed by atoms with Crippen LogP contribution in [0.1, 0.15) is 54.8 Å². The van der Waals surface area contributed by atoms with Crippen LogP contribution in [0.15, 0.2) is 30.5 Å². The van der Waals surface area contributed by atoms with Crippen molar-refractivity contribution in [3.05, 3.63) is 47.3 Å². The maximum Gasteiger partial charge on any atom is 0.305 e. The number of carboxylic acids is 1. The van der Waals surface area contributed by atoms with Gasteiger partial charge in [0.2, 0.25) is 10.0 Å². The number of benzene rings is 1. The van der Waals surface area contributed by atoms with Crippen LogP contribution in [-0.4, -0.2) is 40.9 Å². The number of carboxylic acid groups (broad SMARTS) is 1. The fourth-order valence-corrected chi connectivity index (χ4v) is 4.82. The Labute approximate surface area is 176 Å². The minimum Gasteiger partial charge on any atom is -0.481 e. The van der Waals surface area contributed by atoms with Crippen molar-refractivity contribution in [2.24, 2.45) is 12.5 Å². The molecule has 1 unspecified atom stereocenters. The average molecular weight is 437 g/mol. The molecule has 0 spiro atoms. The molecule has 0 aliphatic heterocycles. The number of aromatic nitrogens is 2. The number of carbonyl (C=O) groups is 2. The van der Waals surface area contributed by atoms with Gasteiger partial charge in [0.25, 0.3) is 5.91 Å². The second kappa shape index (κ2) is 8.86. The first kappa shape index (κ1) is 23.4. The lowest BCUT2D eigenvalue weighted by Gasteiger charge is -2.20. The van der Waals surface area contributed by atoms with Crippen LogP contribution in [0.25, 0.3) is 0 Å². The molecule has 30 heavy (non-hydrogen) atoms. The van der Waals surface area contributed by atoms with Crippen LogP contribution < -0.4 is 10.0 Å². The Morgan fingerprint density at radius 2 is 1.87 bits per heavy atom. The number of nitrogens with one attached hydrogen (secondary N) is 2. The Kier molecular flexibility index (Phi) is 6.91. The van der Waals surface area contributed by atoms with Crippen LogP contribution in [0.4, 0.5) is 5.69 Å². The monoisotopic (exact) mass is 436 g/mol. The lowest BCUT2D eigenvalue weighted by atomic mass is 9.98. The highest BCUT2D eigenvalue weighted by atomic mass is 32.2. The van der Waals surface area contributed by atoms with Crippen molar-refractivity contribution in [3.63, 3.8) is 0 Å². The van der Waals surface area contributed by atoms with Crippen molar-refractivity contribution in [2.75, 3.05) is 10.5 Å². The molecule has 0 radical (unpaired) electrons. The van der Waals surface area contributed by atoms with Gasteiger partial charge in [-0.3, -0.25) is 19.0 Å². The van der Waals surface area contributed by atoms with E-state index in [9.17, 15) is 23.1 Å². The van der Waals surface area contributed by atoms with Gasteiger partial charge in [-0.05, 0) is 23.5 Å². The zero-order valence-electron chi connectivity index (χ0n) is 17.8. The third-order valence-corrected chi connectivity index (χ3v) is 5.96. The first-order valence-electron chi connectivity index (χ1n) is 9.40. The predicted octanol–water partition coefficient (Wildman–Crippen LogP) is 2.46. The largest absolute Gasteiger partial charge is 0.481 e. The molecule has 1 heterocycles. The van der Waals surface area contributed by atoms with Gasteiger partial charge < -0.3 is 10.4 Å². The molecule has 1 atom stereocenters. The number of carbonyl (C=O) groups excluding carboxylic acids is 1. The van der Waals surface area contributed by atoms with Gasteiger partial charge in [0.1, 0.15) is 0 Å². The van der Waals surface area contributed by atoms with Crippen molar-refractivity contribution in [1.29, 1.82) is 0 Å². The Bertz CT molecular complexity index is 1040. The molecule has 1 aromatic carbocycles. The topological polar surface area (TPSA) is 130 Å². The summed E-state index contributed by atoms with van der Waals surface area (Å²) in [6, 6.07) is 6.35. The summed E-state index contributed by atoms with van der Waals surface area (Å²) in [4.78, 5) is 24.3. The van der Waals surface area contributed by atoms with E-state index in [1.807, 2.05) is 19.1 Å². The minimum absolute atomic E-state index is 0.0399. The van der Waals surface area contributed by atoms with Crippen molar-refractivity contribution < 1.29 is 23.1 Å². The van der Waals surface area contributed by atoms with E-state index in [-0.39, 0.29) is 23.6 Å². The number of amides is 1. The van der Waals surface area contributed by atoms with Crippen molar-refractivity contribution in [3.8, 4) is 0 Å². The van der Waals surface area contributed by atoms with Crippen LogP contribution in [-0.2, 0) is 21.9 Å². The molecule has 0 aliphatic carbocycles. The molecule has 0 fully saturated rings. The van der Waals surface area contributed by atoms with E-state index in [0.29, 0.717) is 5.56 Å². The molecule has 2 rings (SSSR count). The molecule has 0 bridgehead atoms. The van der Waals surface area contributed by atoms with Crippen LogP contribution in [0.2, 0.25) is 0 Å². The molecular formula is C20H28N4O5S. The summed E-state index contributed by atoms with van der Waals surface area (Å²) in [7, 11) is -2.15. The number of aliphatic carboxylic acids is 1. The summed E-state index contributed by atoms with van der Waals surface area (Å²) >= 11 is 0. The molecule has 0 saturated carbocycles. The number of hydrogen-bond donors (Lipinski definition) is 3. The zero-order valence-corrected chi connectivity index (χ0v) is 18.6. The number of sulfonamides is 1. The number of anilines is 1. The Morgan fingerprint density at radius 3 is 2.43 bits per heavy atom. The summed E-state index contributed by atoms with van der Waals surface area (Å²) in [5.41, 5.74) is 0.931. The molecule has 1 aromatic heterocycles. The van der Waals surface area contributed by atoms with Gasteiger partial charge >= 0.3 is 5.97 Å². The number of nitrogens with zero attached hydrogens (tertiary/aromatic N) is 2. The highest BCUT2D eigenvalue weighted by Gasteiger charge is 2.27. The Balaban J connectivity index is 2.32. The van der Waals surface area contributed by atoms with E-state index in [4.69, 9.17) is 0 Å². The standard InChI is InChI=1S/C20H28N4O5S/c1-13-8-6-7-9-14(13)15(10-17(25)26)21-19(27)18-16(11-24(5)22-18)23-30(28,29)12-20(2,3)4/h6-9,11,15,23H,10,12H2,1-5H3,(H,21,27)(H,25,26). The summed E-state index contributed by atoms with van der Waals surface area (Å²) < 4.78 is 28.7. The minimum atomic E-state index is -3.72. The highest BCUT2D eigenvalue weighted by Crippen LogP contribution is 2.24. The fraction of sp³-hybridized carbons (Fsp3) is 0.450. The van der Waals surface area contributed by atoms with Gasteiger partial charge in [0.15, 0.2) is 5.69 Å². The van der Waals surface area contributed by atoms with Gasteiger partial charge in [0, 0.05) is 13.2 Å². The normalized spacial score (nSPS) is 13.0. The second-order valence-corrected chi connectivity index (χ2v) is 10.2. The third kappa shape index (κ3) is 6.58. The van der Waals surface area contributed by atoms with E-state index >= 15 is 0 Å². The number of aryl methyl sites for hydroxylation is 2. The predicted molar refractivity (Wildman–Crippen MR) is 114 cm³/mol. The lowest BCUT2D eigenvalue weighted by Crippen LogP contribution is -2.32. The number of hydrogen-bond acceptors (Lipinski definition) is 5. The van der Waals surface area contributed by atoms with Crippen LogP contribution in [0.3, 0.4) is 0 Å². The number of rotatable bonds is 8. The van der Waals surface area contributed by atoms with Gasteiger partial charge in [0.05, 0.1) is 23.9 Å². The SMILES string of the molecule is Cc1ccccc1C(CC(=O)O)NC(=O)c1nn(C)cc1NS(=O)(=O)CC(C)(C)C. The van der Waals surface area contributed by atoms with Crippen molar-refractivity contribution >= 4 is 27.6 Å². The van der Waals surface area contributed by atoms with E-state index < -0.39 is 33.4 Å². The van der Waals surface area contributed by atoms with Gasteiger partial charge in [-0.2, -0.15) is 5.10 Å². The van der Waals surface area contributed by atoms with E-state index in [2.05, 4.69) is 15.1 Å². The maximum atomic E-state index is 12.9. The molecule has 164 valence electrons. The summed E-state index contributed by atoms with van der Waals surface area (Å²) in [5, 5.41) is 16.0. The second-order valence-electron chi connectivity index (χ2n) is 8.47. The van der Waals surface area contributed by atoms with Crippen LogP contribution in [0, 0.1) is 12.3 Å². The quantitative estimate of drug-likeness (QED) is 0.583. The molecule has 2 aromatic rings. The van der Waals surface area contributed by atoms with Crippen LogP contribution in [0.5, 0.6) is 0 Å². The van der Waals surface area contributed by atoms with Crippen molar-refractivity contribution in [2.45, 2.75) is 40.2 Å². The fourth-order valence-electron chi connectivity index (χ4n) is 3.12. The first-order valence-corrected chi connectivity index (χ1v) is 11.0. The molecule has 3 N–H and O–H groups in total. The van der Waals surface area contributed by atoms with Gasteiger partial charge in [-0.1, -0.05) is 45.0 Å². The molecule has 10 heteroatoms. The third-order valence-electron chi connectivity index (χ3n) is 4.18. The maximum absolute atomic E-state index is 12.9. The smallest absolute Gasteiger partial charge is 0.305 e. The molecule has 0 saturated heterocycles. The summed E-state index contributed by atoms with van der Waals surface area (Å²) in [5.74, 6) is -1.88. The summed E-state index contributed by atoms with van der Waals surface area (Å²) in [6.45, 7) is 7.20. The highest BCUT2D eigenvalue weighted by molar-refractivity contribution is 7.92. The average Bonchev–Trinajstić information content (AvgIpc) is 2.91. The van der Waals surface area contributed by atoms with Crippen LogP contribution >= 0.6 is 0 Å². The summed E-state index contributed by atoms with van der Waals surface area (Å²) in [6.07, 6.45) is 1.07. The van der Waals surface area contributed by atoms with Gasteiger partial charge in [-0.15, -0.1) is 0 Å². The molecule has 9 nitrogen and oxygen atoms in total. The van der Waals surface area contributed by atoms with Crippen molar-refractivity contribution in [1.82, 2.24) is 15.1 Å². The van der Waals surface area contributed by atoms with Gasteiger partial charge in [-0.25, -0.2) is 8.42 Å². The van der Waals surface area contributed by atoms with E-state index in [0.717, 1.165) is 5.56 Å². The molecular weight excluding hydrogens is 408 g/mol. The molecule has 1 amide bonds. The van der Waals surface area contributed by atoms with E-state index in [1.54, 1.807) is 40.0 Å². The lowest BCUT2D eigenvalue weighted by molar-refractivity contribution is -0.137. The Morgan fingerprint density at radius 1 is 1.23 bits per heavy atom. The van der Waals surface area contributed by atoms with E-state index in [1.165, 1.54) is 10.9 Å².